The average Bonchev–Trinajstić information content (AvgIpc) is 3.80. The van der Waals surface area contributed by atoms with Crippen molar-refractivity contribution in [1.29, 1.82) is 0 Å². The Morgan fingerprint density at radius 1 is 0.468 bits per heavy atom. The van der Waals surface area contributed by atoms with E-state index < -0.39 is 0 Å². The normalized spacial score (nSPS) is 11.8. The number of fused-ring (bicyclic) bond motifs is 9. The van der Waals surface area contributed by atoms with Gasteiger partial charge < -0.3 is 8.98 Å². The van der Waals surface area contributed by atoms with Gasteiger partial charge >= 0.3 is 0 Å². The molecular formula is C43H24N2OS. The molecular weight excluding hydrogens is 593 g/mol. The molecule has 7 aromatic carbocycles. The van der Waals surface area contributed by atoms with Crippen LogP contribution in [0.3, 0.4) is 0 Å². The minimum Gasteiger partial charge on any atom is -0.456 e. The first-order valence-electron chi connectivity index (χ1n) is 15.6. The van der Waals surface area contributed by atoms with Crippen LogP contribution in [0, 0.1) is 6.57 Å². The lowest BCUT2D eigenvalue weighted by Crippen LogP contribution is -1.94. The van der Waals surface area contributed by atoms with Gasteiger partial charge in [0.2, 0.25) is 5.69 Å². The van der Waals surface area contributed by atoms with Gasteiger partial charge in [-0.3, -0.25) is 0 Å². The van der Waals surface area contributed by atoms with Gasteiger partial charge in [0, 0.05) is 31.6 Å². The van der Waals surface area contributed by atoms with E-state index in [9.17, 15) is 0 Å². The van der Waals surface area contributed by atoms with Crippen molar-refractivity contribution >= 4 is 80.9 Å². The van der Waals surface area contributed by atoms with E-state index in [-0.39, 0.29) is 0 Å². The van der Waals surface area contributed by atoms with Crippen molar-refractivity contribution in [2.75, 3.05) is 0 Å². The lowest BCUT2D eigenvalue weighted by Gasteiger charge is -2.10. The predicted molar refractivity (Wildman–Crippen MR) is 198 cm³/mol. The molecule has 4 heteroatoms. The molecule has 0 unspecified atom stereocenters. The molecule has 0 radical (unpaired) electrons. The highest BCUT2D eigenvalue weighted by Gasteiger charge is 2.19. The summed E-state index contributed by atoms with van der Waals surface area (Å²) in [4.78, 5) is 4.04. The fraction of sp³-hybridized carbons (Fsp3) is 0. The molecule has 47 heavy (non-hydrogen) atoms. The van der Waals surface area contributed by atoms with E-state index in [1.807, 2.05) is 24.3 Å². The molecule has 10 aromatic rings. The van der Waals surface area contributed by atoms with E-state index in [4.69, 9.17) is 11.0 Å². The Morgan fingerprint density at radius 2 is 1.17 bits per heavy atom. The average molecular weight is 617 g/mol. The number of nitrogens with zero attached hydrogens (tertiary/aromatic N) is 2. The first-order valence-corrected chi connectivity index (χ1v) is 16.4. The maximum Gasteiger partial charge on any atom is 0.205 e. The predicted octanol–water partition coefficient (Wildman–Crippen LogP) is 12.9. The summed E-state index contributed by atoms with van der Waals surface area (Å²) in [6.07, 6.45) is 0. The SMILES string of the molecule is [C-]#[N+]c1cc(-c2ccc3c(c2)oc2ccccc23)cc2c1sc1c(-n3c4ccccc4c4ccc(-c5ccccc5)cc43)cccc12. The first kappa shape index (κ1) is 26.1. The summed E-state index contributed by atoms with van der Waals surface area (Å²) in [6.45, 7) is 8.18. The molecule has 0 fully saturated rings. The van der Waals surface area contributed by atoms with E-state index in [0.29, 0.717) is 5.69 Å². The molecule has 0 bridgehead atoms. The summed E-state index contributed by atoms with van der Waals surface area (Å²) in [5.74, 6) is 0. The largest absolute Gasteiger partial charge is 0.456 e. The van der Waals surface area contributed by atoms with E-state index in [1.165, 1.54) is 37.6 Å². The van der Waals surface area contributed by atoms with Crippen molar-refractivity contribution in [3.63, 3.8) is 0 Å². The van der Waals surface area contributed by atoms with Gasteiger partial charge in [0.25, 0.3) is 0 Å². The summed E-state index contributed by atoms with van der Waals surface area (Å²) in [7, 11) is 0. The van der Waals surface area contributed by atoms with E-state index in [2.05, 4.69) is 131 Å². The fourth-order valence-corrected chi connectivity index (χ4v) is 8.48. The monoisotopic (exact) mass is 616 g/mol. The van der Waals surface area contributed by atoms with Crippen LogP contribution in [-0.2, 0) is 0 Å². The van der Waals surface area contributed by atoms with E-state index in [0.717, 1.165) is 54.2 Å². The van der Waals surface area contributed by atoms with Gasteiger partial charge in [-0.25, -0.2) is 4.85 Å². The summed E-state index contributed by atoms with van der Waals surface area (Å²) < 4.78 is 10.8. The maximum atomic E-state index is 8.18. The number of furan rings is 1. The summed E-state index contributed by atoms with van der Waals surface area (Å²) in [5, 5.41) is 6.93. The van der Waals surface area contributed by atoms with Gasteiger partial charge in [-0.05, 0) is 76.2 Å². The van der Waals surface area contributed by atoms with Crippen molar-refractivity contribution in [1.82, 2.24) is 4.57 Å². The molecule has 3 heterocycles. The van der Waals surface area contributed by atoms with E-state index >= 15 is 0 Å². The molecule has 0 atom stereocenters. The van der Waals surface area contributed by atoms with Gasteiger partial charge in [-0.2, -0.15) is 0 Å². The van der Waals surface area contributed by atoms with Crippen LogP contribution in [0.25, 0.3) is 96.7 Å². The maximum absolute atomic E-state index is 8.18. The van der Waals surface area contributed by atoms with Crippen LogP contribution in [0.15, 0.2) is 150 Å². The van der Waals surface area contributed by atoms with Crippen LogP contribution in [0.1, 0.15) is 0 Å². The van der Waals surface area contributed by atoms with Crippen LogP contribution in [0.4, 0.5) is 5.69 Å². The quantitative estimate of drug-likeness (QED) is 0.181. The molecule has 10 rings (SSSR count). The van der Waals surface area contributed by atoms with Gasteiger partial charge in [0.05, 0.1) is 28.0 Å². The van der Waals surface area contributed by atoms with Crippen molar-refractivity contribution in [3.05, 3.63) is 157 Å². The van der Waals surface area contributed by atoms with Crippen LogP contribution in [0.2, 0.25) is 0 Å². The lowest BCUT2D eigenvalue weighted by molar-refractivity contribution is 0.669. The zero-order valence-electron chi connectivity index (χ0n) is 25.1. The van der Waals surface area contributed by atoms with Crippen molar-refractivity contribution in [3.8, 4) is 27.9 Å². The van der Waals surface area contributed by atoms with Gasteiger partial charge in [0.15, 0.2) is 0 Å². The topological polar surface area (TPSA) is 22.4 Å². The second-order valence-electron chi connectivity index (χ2n) is 12.0. The standard InChI is InChI=1S/C43H24N2OS/c1-44-36-23-29(28-19-21-33-32-13-6-8-17-40(32)46-41(33)25-28)22-35-34-14-9-16-38(43(34)47-42(35)36)45-37-15-7-5-12-30(37)31-20-18-27(24-39(31)45)26-10-3-2-4-11-26/h2-25H. The third-order valence-electron chi connectivity index (χ3n) is 9.41. The van der Waals surface area contributed by atoms with E-state index in [1.54, 1.807) is 11.3 Å². The minimum absolute atomic E-state index is 0.669. The highest BCUT2D eigenvalue weighted by molar-refractivity contribution is 7.26. The molecule has 218 valence electrons. The number of thiophene rings is 1. The Hall–Kier alpha value is -6.15. The van der Waals surface area contributed by atoms with Gasteiger partial charge in [-0.1, -0.05) is 97.1 Å². The number of para-hydroxylation sites is 2. The molecule has 3 aromatic heterocycles. The Kier molecular flexibility index (Phi) is 5.51. The Morgan fingerprint density at radius 3 is 2.04 bits per heavy atom. The zero-order valence-corrected chi connectivity index (χ0v) is 25.9. The molecule has 0 saturated heterocycles. The third-order valence-corrected chi connectivity index (χ3v) is 10.7. The first-order chi connectivity index (χ1) is 23.2. The van der Waals surface area contributed by atoms with Crippen LogP contribution in [0.5, 0.6) is 0 Å². The zero-order chi connectivity index (χ0) is 31.1. The number of aromatic nitrogens is 1. The molecule has 0 N–H and O–H groups in total. The highest BCUT2D eigenvalue weighted by atomic mass is 32.1. The summed E-state index contributed by atoms with van der Waals surface area (Å²) in [5.41, 5.74) is 10.3. The lowest BCUT2D eigenvalue weighted by atomic mass is 10.00. The van der Waals surface area contributed by atoms with Crippen molar-refractivity contribution in [2.24, 2.45) is 0 Å². The number of hydrogen-bond donors (Lipinski definition) is 0. The highest BCUT2D eigenvalue weighted by Crippen LogP contribution is 2.46. The molecule has 3 nitrogen and oxygen atoms in total. The molecule has 0 aliphatic heterocycles. The Labute approximate surface area is 274 Å². The van der Waals surface area contributed by atoms with Gasteiger partial charge in [-0.15, -0.1) is 11.3 Å². The van der Waals surface area contributed by atoms with Crippen molar-refractivity contribution in [2.45, 2.75) is 0 Å². The molecule has 0 saturated carbocycles. The second kappa shape index (κ2) is 9.92. The number of rotatable bonds is 3. The Balaban J connectivity index is 1.22. The molecule has 0 amide bonds. The molecule has 0 aliphatic rings. The number of benzene rings is 7. The molecule has 0 spiro atoms. The smallest absolute Gasteiger partial charge is 0.205 e. The van der Waals surface area contributed by atoms with Crippen LogP contribution in [-0.4, -0.2) is 4.57 Å². The summed E-state index contributed by atoms with van der Waals surface area (Å²) >= 11 is 1.71. The van der Waals surface area contributed by atoms with Gasteiger partial charge in [0.1, 0.15) is 11.2 Å². The second-order valence-corrected chi connectivity index (χ2v) is 13.0. The molecule has 0 aliphatic carbocycles. The Bertz CT molecular complexity index is 2920. The van der Waals surface area contributed by atoms with Crippen LogP contribution >= 0.6 is 11.3 Å². The van der Waals surface area contributed by atoms with Crippen LogP contribution < -0.4 is 0 Å². The summed E-state index contributed by atoms with van der Waals surface area (Å²) in [6, 6.07) is 51.4. The third kappa shape index (κ3) is 3.85. The minimum atomic E-state index is 0.669. The number of hydrogen-bond acceptors (Lipinski definition) is 2. The fourth-order valence-electron chi connectivity index (χ4n) is 7.24. The van der Waals surface area contributed by atoms with Crippen molar-refractivity contribution < 1.29 is 4.42 Å².